The molecule has 4 rings (SSSR count). The first-order valence-electron chi connectivity index (χ1n) is 8.69. The van der Waals surface area contributed by atoms with Crippen LogP contribution in [0, 0.1) is 11.8 Å². The predicted octanol–water partition coefficient (Wildman–Crippen LogP) is 4.32. The molecule has 120 valence electrons. The van der Waals surface area contributed by atoms with Crippen LogP contribution in [-0.4, -0.2) is 40.0 Å². The molecule has 7 unspecified atom stereocenters. The molecule has 0 radical (unpaired) electrons. The van der Waals surface area contributed by atoms with Gasteiger partial charge in [0.05, 0.1) is 13.2 Å². The topological polar surface area (TPSA) is 18.5 Å². The van der Waals surface area contributed by atoms with Gasteiger partial charge in [0.25, 0.3) is 0 Å². The molecule has 4 heteroatoms. The van der Waals surface area contributed by atoms with Crippen molar-refractivity contribution >= 4 is 23.5 Å². The first-order chi connectivity index (χ1) is 10.1. The molecule has 4 aliphatic rings. The van der Waals surface area contributed by atoms with E-state index in [4.69, 9.17) is 9.47 Å². The summed E-state index contributed by atoms with van der Waals surface area (Å²) in [7, 11) is 0. The molecular formula is C17H28O2S2. The summed E-state index contributed by atoms with van der Waals surface area (Å²) < 4.78 is 12.6. The van der Waals surface area contributed by atoms with E-state index in [-0.39, 0.29) is 6.29 Å². The average Bonchev–Trinajstić information content (AvgIpc) is 3.36. The molecule has 4 fully saturated rings. The summed E-state index contributed by atoms with van der Waals surface area (Å²) in [5, 5.41) is 2.89. The molecule has 2 aliphatic heterocycles. The van der Waals surface area contributed by atoms with Gasteiger partial charge in [-0.2, -0.15) is 11.8 Å². The average molecular weight is 329 g/mol. The minimum absolute atomic E-state index is 0.0188. The summed E-state index contributed by atoms with van der Waals surface area (Å²) in [6.07, 6.45) is 8.22. The third-order valence-corrected chi connectivity index (χ3v) is 9.12. The maximum absolute atomic E-state index is 5.97. The van der Waals surface area contributed by atoms with Gasteiger partial charge in [0.2, 0.25) is 0 Å². The molecule has 0 aromatic carbocycles. The van der Waals surface area contributed by atoms with E-state index in [1.54, 1.807) is 0 Å². The second-order valence-electron chi connectivity index (χ2n) is 7.69. The largest absolute Gasteiger partial charge is 0.353 e. The molecule has 2 nitrogen and oxygen atoms in total. The number of hydrogen-bond donors (Lipinski definition) is 0. The summed E-state index contributed by atoms with van der Waals surface area (Å²) in [5.74, 6) is 1.55. The molecule has 2 heterocycles. The highest BCUT2D eigenvalue weighted by molar-refractivity contribution is 8.08. The maximum atomic E-state index is 5.97. The fraction of sp³-hybridized carbons (Fsp3) is 1.00. The number of thioether (sulfide) groups is 2. The smallest absolute Gasteiger partial charge is 0.154 e. The lowest BCUT2D eigenvalue weighted by Gasteiger charge is -2.26. The third-order valence-electron chi connectivity index (χ3n) is 5.88. The molecule has 2 saturated heterocycles. The zero-order valence-electron chi connectivity index (χ0n) is 13.3. The van der Waals surface area contributed by atoms with Crippen LogP contribution in [0.5, 0.6) is 0 Å². The zero-order valence-corrected chi connectivity index (χ0v) is 14.9. The SMILES string of the molecule is CC(OCC1CCC2SC2C1)OCC1CCC2(C)SC2C1. The summed E-state index contributed by atoms with van der Waals surface area (Å²) >= 11 is 4.36. The van der Waals surface area contributed by atoms with E-state index >= 15 is 0 Å². The van der Waals surface area contributed by atoms with Crippen LogP contribution in [0.1, 0.15) is 52.4 Å². The summed E-state index contributed by atoms with van der Waals surface area (Å²) in [6.45, 7) is 6.32. The predicted molar refractivity (Wildman–Crippen MR) is 91.0 cm³/mol. The van der Waals surface area contributed by atoms with Crippen LogP contribution in [0.4, 0.5) is 0 Å². The molecule has 0 amide bonds. The maximum Gasteiger partial charge on any atom is 0.154 e. The Kier molecular flexibility index (Phi) is 4.27. The fourth-order valence-corrected chi connectivity index (χ4v) is 6.76. The van der Waals surface area contributed by atoms with Gasteiger partial charge in [0, 0.05) is 20.5 Å². The molecular weight excluding hydrogens is 300 g/mol. The van der Waals surface area contributed by atoms with Gasteiger partial charge >= 0.3 is 0 Å². The Hall–Kier alpha value is 0.620. The molecule has 0 N–H and O–H groups in total. The number of ether oxygens (including phenoxy) is 2. The monoisotopic (exact) mass is 328 g/mol. The van der Waals surface area contributed by atoms with Crippen molar-refractivity contribution in [2.45, 2.75) is 79.2 Å². The van der Waals surface area contributed by atoms with E-state index < -0.39 is 0 Å². The van der Waals surface area contributed by atoms with E-state index in [0.29, 0.717) is 4.75 Å². The second kappa shape index (κ2) is 5.92. The van der Waals surface area contributed by atoms with Crippen molar-refractivity contribution in [2.75, 3.05) is 13.2 Å². The standard InChI is InChI=1S/C17H28O2S2/c1-11(18-9-12-3-4-14-15(7-12)20-14)19-10-13-5-6-17(2)16(8-13)21-17/h11-16H,3-10H2,1-2H3. The lowest BCUT2D eigenvalue weighted by molar-refractivity contribution is -0.148. The fourth-order valence-electron chi connectivity index (χ4n) is 4.10. The van der Waals surface area contributed by atoms with Crippen molar-refractivity contribution in [3.05, 3.63) is 0 Å². The van der Waals surface area contributed by atoms with Crippen molar-refractivity contribution in [3.63, 3.8) is 0 Å². The molecule has 0 spiro atoms. The molecule has 2 saturated carbocycles. The van der Waals surface area contributed by atoms with Gasteiger partial charge in [0.15, 0.2) is 6.29 Å². The van der Waals surface area contributed by atoms with Gasteiger partial charge in [-0.15, -0.1) is 11.8 Å². The highest BCUT2D eigenvalue weighted by Crippen LogP contribution is 2.62. The van der Waals surface area contributed by atoms with E-state index in [1.807, 2.05) is 0 Å². The first kappa shape index (κ1) is 15.2. The summed E-state index contributed by atoms with van der Waals surface area (Å²) in [4.78, 5) is 0. The van der Waals surface area contributed by atoms with E-state index in [0.717, 1.165) is 40.8 Å². The van der Waals surface area contributed by atoms with E-state index in [1.165, 1.54) is 38.5 Å². The Bertz CT molecular complexity index is 391. The van der Waals surface area contributed by atoms with E-state index in [9.17, 15) is 0 Å². The lowest BCUT2D eigenvalue weighted by Crippen LogP contribution is -2.27. The highest BCUT2D eigenvalue weighted by Gasteiger charge is 2.54. The Morgan fingerprint density at radius 2 is 1.81 bits per heavy atom. The van der Waals surface area contributed by atoms with Crippen LogP contribution in [-0.2, 0) is 9.47 Å². The molecule has 21 heavy (non-hydrogen) atoms. The minimum Gasteiger partial charge on any atom is -0.353 e. The van der Waals surface area contributed by atoms with Gasteiger partial charge in [-0.05, 0) is 64.2 Å². The molecule has 0 aromatic rings. The third kappa shape index (κ3) is 3.59. The van der Waals surface area contributed by atoms with Gasteiger partial charge in [-0.1, -0.05) is 0 Å². The molecule has 7 atom stereocenters. The number of hydrogen-bond acceptors (Lipinski definition) is 4. The molecule has 0 bridgehead atoms. The van der Waals surface area contributed by atoms with Crippen LogP contribution < -0.4 is 0 Å². The number of fused-ring (bicyclic) bond motifs is 2. The Morgan fingerprint density at radius 1 is 1.05 bits per heavy atom. The zero-order chi connectivity index (χ0) is 14.4. The van der Waals surface area contributed by atoms with Gasteiger partial charge in [0.1, 0.15) is 0 Å². The van der Waals surface area contributed by atoms with Crippen molar-refractivity contribution in [3.8, 4) is 0 Å². The Labute approximate surface area is 137 Å². The second-order valence-corrected chi connectivity index (χ2v) is 10.9. The quantitative estimate of drug-likeness (QED) is 0.533. The van der Waals surface area contributed by atoms with Gasteiger partial charge in [-0.3, -0.25) is 0 Å². The van der Waals surface area contributed by atoms with Crippen LogP contribution in [0.3, 0.4) is 0 Å². The summed E-state index contributed by atoms with van der Waals surface area (Å²) in [5.41, 5.74) is 0. The minimum atomic E-state index is -0.0188. The molecule has 0 aromatic heterocycles. The van der Waals surface area contributed by atoms with Crippen molar-refractivity contribution in [1.82, 2.24) is 0 Å². The highest BCUT2D eigenvalue weighted by atomic mass is 32.2. The van der Waals surface area contributed by atoms with Crippen LogP contribution in [0.2, 0.25) is 0 Å². The summed E-state index contributed by atoms with van der Waals surface area (Å²) in [6, 6.07) is 0. The lowest BCUT2D eigenvalue weighted by atomic mass is 9.83. The van der Waals surface area contributed by atoms with Crippen molar-refractivity contribution in [1.29, 1.82) is 0 Å². The normalized spacial score (nSPS) is 49.1. The van der Waals surface area contributed by atoms with Crippen LogP contribution >= 0.6 is 23.5 Å². The first-order valence-corrected chi connectivity index (χ1v) is 10.5. The Balaban J connectivity index is 1.11. The number of rotatable bonds is 6. The van der Waals surface area contributed by atoms with Crippen molar-refractivity contribution < 1.29 is 9.47 Å². The van der Waals surface area contributed by atoms with Crippen LogP contribution in [0.15, 0.2) is 0 Å². The molecule has 2 aliphatic carbocycles. The van der Waals surface area contributed by atoms with Gasteiger partial charge < -0.3 is 9.47 Å². The van der Waals surface area contributed by atoms with E-state index in [2.05, 4.69) is 37.4 Å². The Morgan fingerprint density at radius 3 is 2.52 bits per heavy atom. The van der Waals surface area contributed by atoms with Crippen molar-refractivity contribution in [2.24, 2.45) is 11.8 Å². The van der Waals surface area contributed by atoms with Gasteiger partial charge in [-0.25, -0.2) is 0 Å². The van der Waals surface area contributed by atoms with Crippen LogP contribution in [0.25, 0.3) is 0 Å².